The summed E-state index contributed by atoms with van der Waals surface area (Å²) in [5.74, 6) is 1.34. The van der Waals surface area contributed by atoms with Gasteiger partial charge in [0.2, 0.25) is 5.91 Å². The van der Waals surface area contributed by atoms with Gasteiger partial charge in [-0.3, -0.25) is 9.69 Å². The molecule has 3 amide bonds. The highest BCUT2D eigenvalue weighted by Crippen LogP contribution is 2.59. The van der Waals surface area contributed by atoms with Crippen LogP contribution in [0.2, 0.25) is 0 Å². The van der Waals surface area contributed by atoms with Gasteiger partial charge in [-0.05, 0) is 82.0 Å². The molecule has 4 heterocycles. The van der Waals surface area contributed by atoms with Crippen molar-refractivity contribution in [3.63, 3.8) is 0 Å². The fourth-order valence-electron chi connectivity index (χ4n) is 9.57. The number of aliphatic hydroxyl groups is 1. The molecule has 2 saturated heterocycles. The Bertz CT molecular complexity index is 2520. The fourth-order valence-corrected chi connectivity index (χ4v) is 9.57. The van der Waals surface area contributed by atoms with Crippen LogP contribution in [0.15, 0.2) is 78.0 Å². The van der Waals surface area contributed by atoms with Gasteiger partial charge in [0, 0.05) is 37.8 Å². The zero-order chi connectivity index (χ0) is 45.5. The summed E-state index contributed by atoms with van der Waals surface area (Å²) in [7, 11) is 4.36. The van der Waals surface area contributed by atoms with Crippen LogP contribution in [-0.4, -0.2) is 112 Å². The van der Waals surface area contributed by atoms with E-state index in [1.165, 1.54) is 14.2 Å². The Hall–Kier alpha value is -6.06. The highest BCUT2D eigenvalue weighted by atomic mass is 16.5. The molecule has 1 aliphatic carbocycles. The number of imidazole rings is 2. The number of rotatable bonds is 12. The molecule has 338 valence electrons. The standard InChI is InChI=1S/C49H61N9O6/c1-28(2)40(55-46(61)63-7)44(59)58-27-49(17-18-49)22-39(58)43-52-25-37(54-43)35-16-15-33-20-32(13-14-34(33)21-35)30-9-11-31(12-10-30)36-24-51-42(53-36)38-19-29(23-50-6)26-57(38)45(60)41(48(3,4)5)56-47(62)64-8/h9-16,20-21,23-25,28-29,38-41,44,59H,17-19,22,26-27H2,1-8H3,(H,51,53)(H,52,54)(H,55,61)(H,56,62)/t29-,38+,39+,40+,41-,44?/m1/s1. The van der Waals surface area contributed by atoms with E-state index in [2.05, 4.69) is 91.2 Å². The van der Waals surface area contributed by atoms with Crippen LogP contribution in [0.25, 0.3) is 44.4 Å². The first kappa shape index (κ1) is 44.5. The van der Waals surface area contributed by atoms with Crippen LogP contribution in [0.4, 0.5) is 9.59 Å². The number of carbonyl (C=O) groups excluding carboxylic acids is 3. The summed E-state index contributed by atoms with van der Waals surface area (Å²) in [5.41, 5.74) is 5.52. The number of aliphatic imine (C=N–C) groups is 1. The van der Waals surface area contributed by atoms with E-state index in [-0.39, 0.29) is 35.2 Å². The molecule has 2 aliphatic heterocycles. The minimum atomic E-state index is -0.893. The van der Waals surface area contributed by atoms with Gasteiger partial charge in [0.1, 0.15) is 23.9 Å². The van der Waals surface area contributed by atoms with Gasteiger partial charge >= 0.3 is 12.2 Å². The lowest BCUT2D eigenvalue weighted by atomic mass is 9.85. The van der Waals surface area contributed by atoms with Crippen molar-refractivity contribution in [2.75, 3.05) is 34.4 Å². The van der Waals surface area contributed by atoms with Gasteiger partial charge in [0.05, 0.1) is 56.1 Å². The first-order chi connectivity index (χ1) is 30.6. The number of amides is 3. The van der Waals surface area contributed by atoms with Gasteiger partial charge in [-0.25, -0.2) is 19.6 Å². The Balaban J connectivity index is 0.968. The SMILES string of the molecule is CN=C[C@H]1C[C@@H](c2ncc(-c3ccc(-c4ccc5cc(-c6cnc([C@@H]7CC8(CC8)CN7C(O)[C@@H](NC(=O)OC)C(C)C)[nH]6)ccc5c4)cc3)[nH]2)N(C(=O)[C@@H](NC(=O)OC)C(C)(C)C)C1. The molecular weight excluding hydrogens is 811 g/mol. The van der Waals surface area contributed by atoms with Gasteiger partial charge in [0.15, 0.2) is 0 Å². The van der Waals surface area contributed by atoms with Crippen LogP contribution in [0.1, 0.15) is 84.0 Å². The largest absolute Gasteiger partial charge is 0.453 e. The van der Waals surface area contributed by atoms with Crippen LogP contribution >= 0.6 is 0 Å². The smallest absolute Gasteiger partial charge is 0.407 e. The van der Waals surface area contributed by atoms with Gasteiger partial charge in [-0.15, -0.1) is 0 Å². The molecule has 1 unspecified atom stereocenters. The topological polar surface area (TPSA) is 190 Å². The number of aliphatic hydroxyl groups excluding tert-OH is 1. The molecule has 64 heavy (non-hydrogen) atoms. The van der Waals surface area contributed by atoms with Crippen LogP contribution in [-0.2, 0) is 14.3 Å². The van der Waals surface area contributed by atoms with Crippen molar-refractivity contribution in [3.8, 4) is 33.6 Å². The minimum absolute atomic E-state index is 0.0103. The Morgan fingerprint density at radius 2 is 1.41 bits per heavy atom. The van der Waals surface area contributed by atoms with E-state index in [1.807, 2.05) is 53.2 Å². The number of nitrogens with zero attached hydrogens (tertiary/aromatic N) is 5. The van der Waals surface area contributed by atoms with Crippen LogP contribution in [0.3, 0.4) is 0 Å². The predicted molar refractivity (Wildman–Crippen MR) is 246 cm³/mol. The number of aromatic nitrogens is 4. The molecular formula is C49H61N9O6. The summed E-state index contributed by atoms with van der Waals surface area (Å²) in [6.45, 7) is 10.9. The molecule has 15 nitrogen and oxygen atoms in total. The maximum Gasteiger partial charge on any atom is 0.407 e. The molecule has 3 aliphatic rings. The normalized spacial score (nSPS) is 21.1. The van der Waals surface area contributed by atoms with Crippen molar-refractivity contribution in [3.05, 3.63) is 84.7 Å². The Morgan fingerprint density at radius 1 is 0.844 bits per heavy atom. The van der Waals surface area contributed by atoms with E-state index >= 15 is 0 Å². The van der Waals surface area contributed by atoms with E-state index in [4.69, 9.17) is 19.4 Å². The van der Waals surface area contributed by atoms with Crippen molar-refractivity contribution in [2.24, 2.45) is 27.7 Å². The monoisotopic (exact) mass is 871 g/mol. The number of likely N-dealkylation sites (tertiary alicyclic amines) is 2. The highest BCUT2D eigenvalue weighted by Gasteiger charge is 2.55. The van der Waals surface area contributed by atoms with Crippen LogP contribution < -0.4 is 10.6 Å². The summed E-state index contributed by atoms with van der Waals surface area (Å²) >= 11 is 0. The number of hydrogen-bond acceptors (Lipinski definition) is 10. The lowest BCUT2D eigenvalue weighted by Crippen LogP contribution is -2.54. The number of hydrogen-bond donors (Lipinski definition) is 5. The third-order valence-corrected chi connectivity index (χ3v) is 13.4. The van der Waals surface area contributed by atoms with E-state index in [0.717, 1.165) is 76.0 Å². The molecule has 5 N–H and O–H groups in total. The number of H-pyrrole nitrogens is 2. The molecule has 2 aromatic heterocycles. The second-order valence-corrected chi connectivity index (χ2v) is 19.3. The third kappa shape index (κ3) is 9.14. The molecule has 3 fully saturated rings. The van der Waals surface area contributed by atoms with E-state index in [1.54, 1.807) is 11.9 Å². The number of alkyl carbamates (subject to hydrolysis) is 2. The number of benzene rings is 3. The molecule has 1 saturated carbocycles. The Kier molecular flexibility index (Phi) is 12.4. The zero-order valence-electron chi connectivity index (χ0n) is 38.0. The summed E-state index contributed by atoms with van der Waals surface area (Å²) in [5, 5.41) is 19.5. The summed E-state index contributed by atoms with van der Waals surface area (Å²) in [4.78, 5) is 63.4. The van der Waals surface area contributed by atoms with Crippen LogP contribution in [0.5, 0.6) is 0 Å². The number of ether oxygens (including phenoxy) is 2. The quantitative estimate of drug-likeness (QED) is 0.0777. The number of nitrogens with one attached hydrogen (secondary N) is 4. The molecule has 0 bridgehead atoms. The second-order valence-electron chi connectivity index (χ2n) is 19.3. The lowest BCUT2D eigenvalue weighted by molar-refractivity contribution is -0.137. The summed E-state index contributed by atoms with van der Waals surface area (Å²) in [6, 6.07) is 19.5. The summed E-state index contributed by atoms with van der Waals surface area (Å²) < 4.78 is 9.72. The van der Waals surface area contributed by atoms with Crippen molar-refractivity contribution in [1.29, 1.82) is 0 Å². The minimum Gasteiger partial charge on any atom is -0.453 e. The second kappa shape index (κ2) is 17.8. The molecule has 0 radical (unpaired) electrons. The molecule has 5 aromatic rings. The average Bonchev–Trinajstić information content (AvgIpc) is 3.77. The van der Waals surface area contributed by atoms with E-state index in [9.17, 15) is 19.5 Å². The lowest BCUT2D eigenvalue weighted by Gasteiger charge is -2.36. The third-order valence-electron chi connectivity index (χ3n) is 13.4. The highest BCUT2D eigenvalue weighted by molar-refractivity contribution is 5.91. The van der Waals surface area contributed by atoms with Crippen molar-refractivity contribution in [1.82, 2.24) is 40.4 Å². The molecule has 8 rings (SSSR count). The molecule has 3 aromatic carbocycles. The first-order valence-electron chi connectivity index (χ1n) is 22.2. The number of fused-ring (bicyclic) bond motifs is 1. The number of aromatic amines is 2. The van der Waals surface area contributed by atoms with Gasteiger partial charge in [-0.2, -0.15) is 0 Å². The van der Waals surface area contributed by atoms with Crippen molar-refractivity contribution < 1.29 is 29.0 Å². The van der Waals surface area contributed by atoms with E-state index in [0.29, 0.717) is 18.8 Å². The maximum atomic E-state index is 14.1. The average molecular weight is 872 g/mol. The number of methoxy groups -OCH3 is 2. The Labute approximate surface area is 374 Å². The van der Waals surface area contributed by atoms with Gasteiger partial charge < -0.3 is 45.1 Å². The molecule has 15 heteroatoms. The fraction of sp³-hybridized carbons (Fsp3) is 0.469. The zero-order valence-corrected chi connectivity index (χ0v) is 38.0. The molecule has 6 atom stereocenters. The van der Waals surface area contributed by atoms with Gasteiger partial charge in [-0.1, -0.05) is 83.1 Å². The number of carbonyl (C=O) groups is 3. The predicted octanol–water partition coefficient (Wildman–Crippen LogP) is 7.87. The first-order valence-corrected chi connectivity index (χ1v) is 22.2. The van der Waals surface area contributed by atoms with Gasteiger partial charge in [0.25, 0.3) is 0 Å². The van der Waals surface area contributed by atoms with Crippen LogP contribution in [0, 0.1) is 22.7 Å². The maximum absolute atomic E-state index is 14.1. The Morgan fingerprint density at radius 3 is 2.00 bits per heavy atom. The van der Waals surface area contributed by atoms with Crippen molar-refractivity contribution >= 4 is 35.1 Å². The summed E-state index contributed by atoms with van der Waals surface area (Å²) in [6.07, 6.45) is 7.26. The van der Waals surface area contributed by atoms with Crippen molar-refractivity contribution in [2.45, 2.75) is 90.7 Å². The van der Waals surface area contributed by atoms with E-state index < -0.39 is 35.9 Å². The molecule has 1 spiro atoms.